The van der Waals surface area contributed by atoms with Crippen LogP contribution in [0.15, 0.2) is 81.4 Å². The Hall–Kier alpha value is -4.51. The number of anilines is 1. The van der Waals surface area contributed by atoms with Crippen molar-refractivity contribution in [3.05, 3.63) is 89.2 Å². The first-order valence-corrected chi connectivity index (χ1v) is 11.6. The van der Waals surface area contributed by atoms with E-state index in [4.69, 9.17) is 10.4 Å². The summed E-state index contributed by atoms with van der Waals surface area (Å²) in [6.45, 7) is 2.02. The molecule has 11 heteroatoms. The number of carbonyl (C=O) groups is 1. The van der Waals surface area contributed by atoms with E-state index in [-0.39, 0.29) is 17.3 Å². The number of nitrogens with two attached hydrogens (primary N) is 1. The number of aryl methyl sites for hydroxylation is 1. The molecule has 0 atom stereocenters. The second kappa shape index (κ2) is 9.77. The van der Waals surface area contributed by atoms with Gasteiger partial charge in [-0.1, -0.05) is 65.4 Å². The average Bonchev–Trinajstić information content (AvgIpc) is 3.49. The van der Waals surface area contributed by atoms with E-state index in [0.717, 1.165) is 26.8 Å². The number of hydrogen-bond acceptors (Lipinski definition) is 9. The lowest BCUT2D eigenvalue weighted by molar-refractivity contribution is 0.0949. The Morgan fingerprint density at radius 2 is 1.91 bits per heavy atom. The van der Waals surface area contributed by atoms with Crippen molar-refractivity contribution < 1.29 is 9.42 Å². The summed E-state index contributed by atoms with van der Waals surface area (Å²) in [5.41, 5.74) is 11.0. The lowest BCUT2D eigenvalue weighted by atomic mass is 10.1. The molecule has 5 aromatic rings. The summed E-state index contributed by atoms with van der Waals surface area (Å²) in [5.74, 6) is 0.0630. The summed E-state index contributed by atoms with van der Waals surface area (Å²) in [7, 11) is 0. The number of hydrogen-bond donors (Lipinski definition) is 2. The molecule has 0 fully saturated rings. The van der Waals surface area contributed by atoms with Crippen molar-refractivity contribution in [3.8, 4) is 5.82 Å². The highest BCUT2D eigenvalue weighted by atomic mass is 32.2. The summed E-state index contributed by atoms with van der Waals surface area (Å²) in [6, 6.07) is 21.9. The molecule has 0 saturated heterocycles. The van der Waals surface area contributed by atoms with Gasteiger partial charge in [0.05, 0.1) is 11.9 Å². The molecule has 2 heterocycles. The first-order chi connectivity index (χ1) is 17.1. The third kappa shape index (κ3) is 4.75. The molecule has 10 nitrogen and oxygen atoms in total. The molecule has 35 heavy (non-hydrogen) atoms. The molecule has 1 amide bonds. The van der Waals surface area contributed by atoms with Gasteiger partial charge in [0.25, 0.3) is 5.91 Å². The minimum absolute atomic E-state index is 0.0393. The molecule has 0 radical (unpaired) electrons. The first-order valence-electron chi connectivity index (χ1n) is 10.6. The largest absolute Gasteiger partial charge is 0.378 e. The van der Waals surface area contributed by atoms with Crippen molar-refractivity contribution in [2.24, 2.45) is 5.10 Å². The Morgan fingerprint density at radius 3 is 2.71 bits per heavy atom. The van der Waals surface area contributed by atoms with Gasteiger partial charge in [-0.2, -0.15) is 9.78 Å². The monoisotopic (exact) mass is 484 g/mol. The van der Waals surface area contributed by atoms with Gasteiger partial charge < -0.3 is 5.73 Å². The van der Waals surface area contributed by atoms with E-state index >= 15 is 0 Å². The number of benzene rings is 3. The fourth-order valence-corrected chi connectivity index (χ4v) is 4.37. The predicted octanol–water partition coefficient (Wildman–Crippen LogP) is 3.75. The molecule has 3 aromatic carbocycles. The first kappa shape index (κ1) is 22.3. The third-order valence-electron chi connectivity index (χ3n) is 5.26. The van der Waals surface area contributed by atoms with E-state index in [2.05, 4.69) is 31.2 Å². The van der Waals surface area contributed by atoms with Crippen LogP contribution in [-0.2, 0) is 5.75 Å². The number of aromatic nitrogens is 5. The fourth-order valence-electron chi connectivity index (χ4n) is 3.48. The van der Waals surface area contributed by atoms with Crippen LogP contribution >= 0.6 is 11.8 Å². The maximum Gasteiger partial charge on any atom is 0.293 e. The number of carbonyl (C=O) groups excluding carboxylic acids is 1. The number of hydrazone groups is 1. The van der Waals surface area contributed by atoms with Gasteiger partial charge in [-0.25, -0.2) is 10.1 Å². The Morgan fingerprint density at radius 1 is 1.11 bits per heavy atom. The summed E-state index contributed by atoms with van der Waals surface area (Å²) < 4.78 is 6.06. The number of nitrogens with zero attached hydrogens (tertiary/aromatic N) is 6. The van der Waals surface area contributed by atoms with Gasteiger partial charge in [-0.15, -0.1) is 16.9 Å². The summed E-state index contributed by atoms with van der Waals surface area (Å²) in [5, 5.41) is 21.8. The highest BCUT2D eigenvalue weighted by Crippen LogP contribution is 2.26. The van der Waals surface area contributed by atoms with Crippen molar-refractivity contribution in [1.82, 2.24) is 30.7 Å². The number of nitrogen functional groups attached to an aromatic ring is 1. The van der Waals surface area contributed by atoms with Crippen LogP contribution in [0, 0.1) is 6.92 Å². The molecule has 0 aliphatic carbocycles. The molecular weight excluding hydrogens is 464 g/mol. The van der Waals surface area contributed by atoms with Crippen molar-refractivity contribution in [1.29, 1.82) is 0 Å². The lowest BCUT2D eigenvalue weighted by Gasteiger charge is -2.06. The molecule has 0 bridgehead atoms. The average molecular weight is 485 g/mol. The van der Waals surface area contributed by atoms with Crippen LogP contribution in [0.2, 0.25) is 0 Å². The molecule has 0 spiro atoms. The Kier molecular flexibility index (Phi) is 6.22. The van der Waals surface area contributed by atoms with Gasteiger partial charge in [0, 0.05) is 16.2 Å². The second-order valence-electron chi connectivity index (χ2n) is 7.64. The number of nitrogens with one attached hydrogen (secondary N) is 1. The van der Waals surface area contributed by atoms with E-state index in [1.807, 2.05) is 73.7 Å². The normalized spacial score (nSPS) is 11.3. The lowest BCUT2D eigenvalue weighted by Crippen LogP contribution is -2.20. The summed E-state index contributed by atoms with van der Waals surface area (Å²) in [6.07, 6.45) is 1.60. The minimum Gasteiger partial charge on any atom is -0.378 e. The van der Waals surface area contributed by atoms with Crippen LogP contribution in [0.3, 0.4) is 0 Å². The molecule has 0 aliphatic heterocycles. The number of thioether (sulfide) groups is 1. The minimum atomic E-state index is -0.512. The van der Waals surface area contributed by atoms with E-state index in [9.17, 15) is 4.79 Å². The zero-order valence-electron chi connectivity index (χ0n) is 18.6. The smallest absolute Gasteiger partial charge is 0.293 e. The topological polar surface area (TPSA) is 137 Å². The maximum absolute atomic E-state index is 13.0. The second-order valence-corrected chi connectivity index (χ2v) is 8.69. The highest BCUT2D eigenvalue weighted by Gasteiger charge is 2.24. The number of amides is 1. The molecule has 3 N–H and O–H groups in total. The van der Waals surface area contributed by atoms with Crippen LogP contribution in [0.4, 0.5) is 5.82 Å². The maximum atomic E-state index is 13.0. The van der Waals surface area contributed by atoms with Gasteiger partial charge in [0.15, 0.2) is 5.69 Å². The van der Waals surface area contributed by atoms with Gasteiger partial charge in [-0.05, 0) is 40.1 Å². The molecule has 5 rings (SSSR count). The Bertz CT molecular complexity index is 1520. The van der Waals surface area contributed by atoms with Gasteiger partial charge in [0.1, 0.15) is 0 Å². The van der Waals surface area contributed by atoms with Crippen molar-refractivity contribution in [3.63, 3.8) is 0 Å². The van der Waals surface area contributed by atoms with Crippen LogP contribution in [0.1, 0.15) is 27.3 Å². The highest BCUT2D eigenvalue weighted by molar-refractivity contribution is 7.98. The molecule has 0 saturated carbocycles. The zero-order valence-corrected chi connectivity index (χ0v) is 19.4. The van der Waals surface area contributed by atoms with Gasteiger partial charge >= 0.3 is 0 Å². The van der Waals surface area contributed by atoms with Crippen molar-refractivity contribution in [2.45, 2.75) is 17.6 Å². The number of fused-ring (bicyclic) bond motifs is 1. The van der Waals surface area contributed by atoms with E-state index in [1.165, 1.54) is 16.4 Å². The molecule has 0 unspecified atom stereocenters. The SMILES string of the molecule is Cc1ccc(SCc2c(C(=O)N/N=C\c3cccc4ccccc34)nnn2-c2nonc2N)cc1. The van der Waals surface area contributed by atoms with Crippen molar-refractivity contribution in [2.75, 3.05) is 5.73 Å². The van der Waals surface area contributed by atoms with Crippen molar-refractivity contribution >= 4 is 40.5 Å². The Balaban J connectivity index is 1.40. The number of rotatable bonds is 7. The van der Waals surface area contributed by atoms with Crippen LogP contribution in [0.25, 0.3) is 16.6 Å². The standard InChI is InChI=1S/C24H20N8O2S/c1-15-9-11-18(12-10-15)35-14-20-21(27-31-32(20)23-22(25)29-34-30-23)24(33)28-26-13-17-7-4-6-16-5-2-3-8-19(16)17/h2-13H,14H2,1H3,(H2,25,29)(H,28,33)/b26-13-. The van der Waals surface area contributed by atoms with Crippen LogP contribution < -0.4 is 11.2 Å². The quantitative estimate of drug-likeness (QED) is 0.202. The van der Waals surface area contributed by atoms with Gasteiger partial charge in [-0.3, -0.25) is 4.79 Å². The van der Waals surface area contributed by atoms with Crippen LogP contribution in [0.5, 0.6) is 0 Å². The zero-order chi connectivity index (χ0) is 24.2. The Labute approximate surface area is 204 Å². The van der Waals surface area contributed by atoms with Gasteiger partial charge in [0.2, 0.25) is 11.6 Å². The predicted molar refractivity (Wildman–Crippen MR) is 133 cm³/mol. The summed E-state index contributed by atoms with van der Waals surface area (Å²) in [4.78, 5) is 14.0. The molecule has 174 valence electrons. The molecule has 0 aliphatic rings. The third-order valence-corrected chi connectivity index (χ3v) is 6.29. The molecule has 2 aromatic heterocycles. The van der Waals surface area contributed by atoms with Crippen LogP contribution in [-0.4, -0.2) is 37.4 Å². The molecular formula is C24H20N8O2S. The van der Waals surface area contributed by atoms with E-state index in [1.54, 1.807) is 6.21 Å². The van der Waals surface area contributed by atoms with E-state index < -0.39 is 5.91 Å². The van der Waals surface area contributed by atoms with E-state index in [0.29, 0.717) is 11.4 Å². The summed E-state index contributed by atoms with van der Waals surface area (Å²) >= 11 is 1.52. The fraction of sp³-hybridized carbons (Fsp3) is 0.0833.